The van der Waals surface area contributed by atoms with Gasteiger partial charge in [0.15, 0.2) is 0 Å². The summed E-state index contributed by atoms with van der Waals surface area (Å²) < 4.78 is 5.52. The number of fused-ring (bicyclic) bond motifs is 2. The van der Waals surface area contributed by atoms with E-state index >= 15 is 0 Å². The van der Waals surface area contributed by atoms with Gasteiger partial charge in [0.25, 0.3) is 0 Å². The number of benzene rings is 2. The lowest BCUT2D eigenvalue weighted by Gasteiger charge is -2.22. The first-order valence-electron chi connectivity index (χ1n) is 10.2. The minimum absolute atomic E-state index is 0.0227. The zero-order valence-electron chi connectivity index (χ0n) is 17.2. The maximum Gasteiger partial charge on any atom is 0.231 e. The number of anilines is 2. The molecule has 154 valence electrons. The molecule has 1 N–H and O–H groups in total. The third-order valence-corrected chi connectivity index (χ3v) is 5.56. The van der Waals surface area contributed by atoms with Crippen molar-refractivity contribution in [3.63, 3.8) is 0 Å². The van der Waals surface area contributed by atoms with E-state index in [1.807, 2.05) is 65.6 Å². The molecule has 5 rings (SSSR count). The molecule has 6 nitrogen and oxygen atoms in total. The van der Waals surface area contributed by atoms with Crippen molar-refractivity contribution in [2.24, 2.45) is 4.99 Å². The van der Waals surface area contributed by atoms with Crippen molar-refractivity contribution in [2.45, 2.75) is 12.5 Å². The molecule has 1 atom stereocenters. The van der Waals surface area contributed by atoms with Crippen LogP contribution in [-0.2, 0) is 11.2 Å². The largest absolute Gasteiger partial charge is 0.496 e. The van der Waals surface area contributed by atoms with E-state index < -0.39 is 0 Å². The van der Waals surface area contributed by atoms with Gasteiger partial charge in [-0.3, -0.25) is 14.8 Å². The summed E-state index contributed by atoms with van der Waals surface area (Å²) >= 11 is 0. The van der Waals surface area contributed by atoms with Crippen LogP contribution in [0.2, 0.25) is 0 Å². The van der Waals surface area contributed by atoms with E-state index in [0.29, 0.717) is 13.0 Å². The molecule has 0 aliphatic carbocycles. The fourth-order valence-corrected chi connectivity index (χ4v) is 4.02. The smallest absolute Gasteiger partial charge is 0.231 e. The topological polar surface area (TPSA) is 66.8 Å². The average molecular weight is 410 g/mol. The summed E-state index contributed by atoms with van der Waals surface area (Å²) in [6.07, 6.45) is 5.82. The molecule has 1 aromatic heterocycles. The molecule has 0 fully saturated rings. The number of carbonyl (C=O) groups is 1. The number of hydrogen-bond acceptors (Lipinski definition) is 5. The molecule has 0 spiro atoms. The van der Waals surface area contributed by atoms with Gasteiger partial charge in [-0.1, -0.05) is 24.3 Å². The third-order valence-electron chi connectivity index (χ3n) is 5.56. The summed E-state index contributed by atoms with van der Waals surface area (Å²) in [5.74, 6) is 0.801. The van der Waals surface area contributed by atoms with Crippen molar-refractivity contribution in [1.82, 2.24) is 4.98 Å². The van der Waals surface area contributed by atoms with Gasteiger partial charge < -0.3 is 15.0 Å². The molecular formula is C25H22N4O2. The predicted molar refractivity (Wildman–Crippen MR) is 123 cm³/mol. The molecule has 0 radical (unpaired) electrons. The number of nitrogens with zero attached hydrogens (tertiary/aromatic N) is 3. The maximum absolute atomic E-state index is 13.3. The van der Waals surface area contributed by atoms with Crippen molar-refractivity contribution < 1.29 is 9.53 Å². The molecule has 1 unspecified atom stereocenters. The van der Waals surface area contributed by atoms with Gasteiger partial charge in [-0.2, -0.15) is 0 Å². The van der Waals surface area contributed by atoms with E-state index in [4.69, 9.17) is 9.73 Å². The van der Waals surface area contributed by atoms with Gasteiger partial charge >= 0.3 is 0 Å². The van der Waals surface area contributed by atoms with Crippen molar-refractivity contribution in [1.29, 1.82) is 0 Å². The van der Waals surface area contributed by atoms with Crippen LogP contribution in [0.3, 0.4) is 0 Å². The average Bonchev–Trinajstić information content (AvgIpc) is 3.13. The molecule has 2 aliphatic heterocycles. The number of carbonyl (C=O) groups excluding carboxylic acids is 1. The normalized spacial score (nSPS) is 16.9. The van der Waals surface area contributed by atoms with Crippen molar-refractivity contribution in [3.05, 3.63) is 90.3 Å². The fraction of sp³-hybridized carbons (Fsp3) is 0.160. The number of hydrogen-bond donors (Lipinski definition) is 1. The number of rotatable bonds is 4. The van der Waals surface area contributed by atoms with E-state index in [2.05, 4.69) is 16.4 Å². The molecule has 2 aromatic carbocycles. The highest BCUT2D eigenvalue weighted by Crippen LogP contribution is 2.35. The minimum Gasteiger partial charge on any atom is -0.496 e. The van der Waals surface area contributed by atoms with Crippen molar-refractivity contribution >= 4 is 28.7 Å². The van der Waals surface area contributed by atoms with Crippen molar-refractivity contribution in [3.8, 4) is 5.75 Å². The number of pyridine rings is 1. The molecule has 0 bridgehead atoms. The van der Waals surface area contributed by atoms with Gasteiger partial charge in [-0.15, -0.1) is 0 Å². The second kappa shape index (κ2) is 8.07. The van der Waals surface area contributed by atoms with Gasteiger partial charge in [0.05, 0.1) is 48.9 Å². The minimum atomic E-state index is -0.0835. The van der Waals surface area contributed by atoms with Gasteiger partial charge in [-0.25, -0.2) is 0 Å². The van der Waals surface area contributed by atoms with Crippen LogP contribution in [0.5, 0.6) is 5.75 Å². The second-order valence-corrected chi connectivity index (χ2v) is 7.51. The van der Waals surface area contributed by atoms with Gasteiger partial charge in [0, 0.05) is 18.0 Å². The van der Waals surface area contributed by atoms with Crippen LogP contribution >= 0.6 is 0 Å². The highest BCUT2D eigenvalue weighted by atomic mass is 16.5. The molecule has 1 amide bonds. The summed E-state index contributed by atoms with van der Waals surface area (Å²) in [6, 6.07) is 19.4. The molecular weight excluding hydrogens is 388 g/mol. The maximum atomic E-state index is 13.3. The van der Waals surface area contributed by atoms with E-state index in [0.717, 1.165) is 39.7 Å². The number of aliphatic imine (C=N–C) groups is 1. The lowest BCUT2D eigenvalue weighted by molar-refractivity contribution is -0.117. The molecule has 6 heteroatoms. The van der Waals surface area contributed by atoms with E-state index in [9.17, 15) is 4.79 Å². The van der Waals surface area contributed by atoms with E-state index in [1.54, 1.807) is 19.5 Å². The van der Waals surface area contributed by atoms with E-state index in [-0.39, 0.29) is 11.9 Å². The number of ether oxygens (including phenoxy) is 1. The zero-order valence-corrected chi connectivity index (χ0v) is 17.2. The lowest BCUT2D eigenvalue weighted by Crippen LogP contribution is -2.38. The summed E-state index contributed by atoms with van der Waals surface area (Å²) in [5.41, 5.74) is 5.41. The Kier molecular flexibility index (Phi) is 4.96. The zero-order chi connectivity index (χ0) is 21.2. The Bertz CT molecular complexity index is 1190. The Hall–Kier alpha value is -3.93. The molecule has 0 saturated carbocycles. The number of aromatic nitrogens is 1. The van der Waals surface area contributed by atoms with Gasteiger partial charge in [-0.05, 0) is 48.0 Å². The van der Waals surface area contributed by atoms with Crippen LogP contribution in [0.4, 0.5) is 11.4 Å². The van der Waals surface area contributed by atoms with Crippen LogP contribution in [0.25, 0.3) is 5.70 Å². The first-order valence-corrected chi connectivity index (χ1v) is 10.2. The number of para-hydroxylation sites is 3. The third kappa shape index (κ3) is 3.68. The van der Waals surface area contributed by atoms with Crippen LogP contribution < -0.4 is 15.0 Å². The summed E-state index contributed by atoms with van der Waals surface area (Å²) in [6.45, 7) is 0.424. The van der Waals surface area contributed by atoms with Crippen LogP contribution in [0.15, 0.2) is 84.1 Å². The lowest BCUT2D eigenvalue weighted by atomic mass is 10.1. The Balaban J connectivity index is 1.50. The van der Waals surface area contributed by atoms with Crippen LogP contribution in [0.1, 0.15) is 11.1 Å². The van der Waals surface area contributed by atoms with Crippen molar-refractivity contribution in [2.75, 3.05) is 23.9 Å². The SMILES string of the molecule is COc1ccccc1C1=CC2Nc3ccccc3N(C(=O)Cc3ccncc3)CC2=N1. The Morgan fingerprint density at radius 1 is 1.10 bits per heavy atom. The highest BCUT2D eigenvalue weighted by Gasteiger charge is 2.32. The summed E-state index contributed by atoms with van der Waals surface area (Å²) in [5, 5.41) is 3.56. The van der Waals surface area contributed by atoms with Gasteiger partial charge in [0.1, 0.15) is 5.75 Å². The Morgan fingerprint density at radius 2 is 1.87 bits per heavy atom. The fourth-order valence-electron chi connectivity index (χ4n) is 4.02. The Morgan fingerprint density at radius 3 is 2.71 bits per heavy atom. The highest BCUT2D eigenvalue weighted by molar-refractivity contribution is 6.12. The summed E-state index contributed by atoms with van der Waals surface area (Å²) in [7, 11) is 1.66. The number of nitrogens with one attached hydrogen (secondary N) is 1. The standard InChI is InChI=1S/C25H22N4O2/c1-31-24-9-5-2-6-18(24)20-15-21-22(28-20)16-29(23-8-4-3-7-19(23)27-21)25(30)14-17-10-12-26-13-11-17/h2-13,15,21,27H,14,16H2,1H3. The first-order chi connectivity index (χ1) is 15.2. The molecule has 3 heterocycles. The van der Waals surface area contributed by atoms with E-state index in [1.165, 1.54) is 0 Å². The molecule has 2 aliphatic rings. The monoisotopic (exact) mass is 410 g/mol. The quantitative estimate of drug-likeness (QED) is 0.707. The molecule has 3 aromatic rings. The number of amides is 1. The summed E-state index contributed by atoms with van der Waals surface area (Å²) in [4.78, 5) is 24.1. The molecule has 0 saturated heterocycles. The predicted octanol–water partition coefficient (Wildman–Crippen LogP) is 3.96. The second-order valence-electron chi connectivity index (χ2n) is 7.51. The van der Waals surface area contributed by atoms with Crippen LogP contribution in [-0.4, -0.2) is 36.3 Å². The molecule has 31 heavy (non-hydrogen) atoms. The number of methoxy groups -OCH3 is 1. The Labute approximate surface area is 180 Å². The van der Waals surface area contributed by atoms with Crippen LogP contribution in [0, 0.1) is 0 Å². The first kappa shape index (κ1) is 19.1. The van der Waals surface area contributed by atoms with Gasteiger partial charge in [0.2, 0.25) is 5.91 Å².